The van der Waals surface area contributed by atoms with Crippen molar-refractivity contribution in [2.24, 2.45) is 11.3 Å². The quantitative estimate of drug-likeness (QED) is 0.910. The highest BCUT2D eigenvalue weighted by Crippen LogP contribution is 2.40. The lowest BCUT2D eigenvalue weighted by Crippen LogP contribution is -2.45. The van der Waals surface area contributed by atoms with Crippen LogP contribution in [0.25, 0.3) is 0 Å². The van der Waals surface area contributed by atoms with Crippen molar-refractivity contribution in [3.8, 4) is 0 Å². The van der Waals surface area contributed by atoms with Crippen LogP contribution in [0.15, 0.2) is 24.3 Å². The maximum atomic E-state index is 11.8. The summed E-state index contributed by atoms with van der Waals surface area (Å²) in [5.74, 6) is -0.130. The molecule has 0 saturated heterocycles. The molecule has 3 heteroatoms. The maximum absolute atomic E-state index is 11.8. The van der Waals surface area contributed by atoms with E-state index in [2.05, 4.69) is 43.0 Å². The first kappa shape index (κ1) is 14.9. The van der Waals surface area contributed by atoms with Gasteiger partial charge in [0.15, 0.2) is 0 Å². The van der Waals surface area contributed by atoms with Gasteiger partial charge in [-0.3, -0.25) is 4.79 Å². The van der Waals surface area contributed by atoms with Crippen molar-refractivity contribution in [2.75, 3.05) is 18.5 Å². The van der Waals surface area contributed by atoms with Crippen LogP contribution in [0.4, 0.5) is 5.69 Å². The van der Waals surface area contributed by atoms with Crippen molar-refractivity contribution in [1.29, 1.82) is 0 Å². The molecule has 1 aromatic rings. The molecule has 2 atom stereocenters. The van der Waals surface area contributed by atoms with Gasteiger partial charge in [0.1, 0.15) is 0 Å². The molecule has 20 heavy (non-hydrogen) atoms. The van der Waals surface area contributed by atoms with Crippen molar-refractivity contribution < 1.29 is 9.90 Å². The van der Waals surface area contributed by atoms with Crippen molar-refractivity contribution in [3.63, 3.8) is 0 Å². The van der Waals surface area contributed by atoms with Crippen molar-refractivity contribution in [3.05, 3.63) is 29.8 Å². The standard InChI is InChI=1S/C17H25NO2/c1-13-6-8-15(9-7-13)18(3)12-17(16(19)20)10-4-5-14(2)11-17/h6-9,14H,4-5,10-12H2,1-3H3,(H,19,20). The summed E-state index contributed by atoms with van der Waals surface area (Å²) in [4.78, 5) is 13.9. The van der Waals surface area contributed by atoms with Gasteiger partial charge in [-0.05, 0) is 37.8 Å². The van der Waals surface area contributed by atoms with E-state index in [1.807, 2.05) is 7.05 Å². The number of carbonyl (C=O) groups is 1. The average molecular weight is 275 g/mol. The summed E-state index contributed by atoms with van der Waals surface area (Å²) in [5, 5.41) is 9.72. The van der Waals surface area contributed by atoms with Crippen molar-refractivity contribution in [1.82, 2.24) is 0 Å². The fourth-order valence-corrected chi connectivity index (χ4v) is 3.41. The minimum absolute atomic E-state index is 0.506. The average Bonchev–Trinajstić information content (AvgIpc) is 2.39. The Morgan fingerprint density at radius 2 is 2.05 bits per heavy atom. The molecule has 0 bridgehead atoms. The highest BCUT2D eigenvalue weighted by atomic mass is 16.4. The third-order valence-corrected chi connectivity index (χ3v) is 4.56. The van der Waals surface area contributed by atoms with E-state index in [4.69, 9.17) is 0 Å². The Morgan fingerprint density at radius 1 is 1.40 bits per heavy atom. The lowest BCUT2D eigenvalue weighted by atomic mass is 9.69. The molecule has 2 unspecified atom stereocenters. The number of hydrogen-bond donors (Lipinski definition) is 1. The number of hydrogen-bond acceptors (Lipinski definition) is 2. The largest absolute Gasteiger partial charge is 0.481 e. The lowest BCUT2D eigenvalue weighted by Gasteiger charge is -2.39. The van der Waals surface area contributed by atoms with Gasteiger partial charge in [0.05, 0.1) is 5.41 Å². The van der Waals surface area contributed by atoms with Crippen LogP contribution in [0.3, 0.4) is 0 Å². The molecule has 1 aliphatic rings. The lowest BCUT2D eigenvalue weighted by molar-refractivity contribution is -0.151. The SMILES string of the molecule is Cc1ccc(N(C)CC2(C(=O)O)CCCC(C)C2)cc1. The number of nitrogens with zero attached hydrogens (tertiary/aromatic N) is 1. The Labute approximate surface area is 121 Å². The second-order valence-corrected chi connectivity index (χ2v) is 6.48. The summed E-state index contributed by atoms with van der Waals surface area (Å²) in [7, 11) is 1.99. The molecule has 0 radical (unpaired) electrons. The highest BCUT2D eigenvalue weighted by molar-refractivity contribution is 5.76. The molecule has 0 heterocycles. The van der Waals surface area contributed by atoms with E-state index in [1.54, 1.807) is 0 Å². The van der Waals surface area contributed by atoms with E-state index in [0.717, 1.165) is 31.4 Å². The van der Waals surface area contributed by atoms with Gasteiger partial charge in [-0.25, -0.2) is 0 Å². The zero-order chi connectivity index (χ0) is 14.8. The second kappa shape index (κ2) is 5.86. The van der Waals surface area contributed by atoms with E-state index in [-0.39, 0.29) is 0 Å². The Morgan fingerprint density at radius 3 is 2.60 bits per heavy atom. The van der Waals surface area contributed by atoms with Gasteiger partial charge in [0, 0.05) is 19.3 Å². The second-order valence-electron chi connectivity index (χ2n) is 6.48. The molecule has 3 nitrogen and oxygen atoms in total. The molecule has 1 aliphatic carbocycles. The molecule has 1 fully saturated rings. The van der Waals surface area contributed by atoms with Crippen LogP contribution in [0.1, 0.15) is 38.2 Å². The van der Waals surface area contributed by atoms with Crippen LogP contribution < -0.4 is 4.90 Å². The van der Waals surface area contributed by atoms with Gasteiger partial charge in [-0.1, -0.05) is 37.5 Å². The molecule has 0 spiro atoms. The van der Waals surface area contributed by atoms with Crippen LogP contribution >= 0.6 is 0 Å². The molecule has 0 aliphatic heterocycles. The number of carboxylic acids is 1. The zero-order valence-electron chi connectivity index (χ0n) is 12.7. The van der Waals surface area contributed by atoms with Gasteiger partial charge < -0.3 is 10.0 Å². The number of rotatable bonds is 4. The third-order valence-electron chi connectivity index (χ3n) is 4.56. The predicted octanol–water partition coefficient (Wildman–Crippen LogP) is 3.71. The Balaban J connectivity index is 2.15. The molecule has 0 amide bonds. The number of carboxylic acid groups (broad SMARTS) is 1. The summed E-state index contributed by atoms with van der Waals surface area (Å²) in [6, 6.07) is 8.28. The third kappa shape index (κ3) is 3.14. The normalized spacial score (nSPS) is 26.2. The van der Waals surface area contributed by atoms with Gasteiger partial charge in [-0.2, -0.15) is 0 Å². The van der Waals surface area contributed by atoms with E-state index in [0.29, 0.717) is 12.5 Å². The summed E-state index contributed by atoms with van der Waals surface area (Å²) < 4.78 is 0. The monoisotopic (exact) mass is 275 g/mol. The minimum atomic E-state index is -0.636. The van der Waals surface area contributed by atoms with Crippen molar-refractivity contribution >= 4 is 11.7 Å². The van der Waals surface area contributed by atoms with E-state index < -0.39 is 11.4 Å². The number of aliphatic carboxylic acids is 1. The Bertz CT molecular complexity index is 468. The van der Waals surface area contributed by atoms with Gasteiger partial charge in [-0.15, -0.1) is 0 Å². The van der Waals surface area contributed by atoms with Gasteiger partial charge in [0.25, 0.3) is 0 Å². The van der Waals surface area contributed by atoms with Crippen molar-refractivity contribution in [2.45, 2.75) is 39.5 Å². The molecular weight excluding hydrogens is 250 g/mol. The Hall–Kier alpha value is -1.51. The molecule has 1 N–H and O–H groups in total. The summed E-state index contributed by atoms with van der Waals surface area (Å²) >= 11 is 0. The van der Waals surface area contributed by atoms with Crippen LogP contribution in [0.5, 0.6) is 0 Å². The molecule has 1 saturated carbocycles. The fraction of sp³-hybridized carbons (Fsp3) is 0.588. The molecule has 110 valence electrons. The smallest absolute Gasteiger partial charge is 0.311 e. The first-order chi connectivity index (χ1) is 9.43. The molecular formula is C17H25NO2. The first-order valence-corrected chi connectivity index (χ1v) is 7.44. The van der Waals surface area contributed by atoms with Crippen LogP contribution in [0.2, 0.25) is 0 Å². The highest BCUT2D eigenvalue weighted by Gasteiger charge is 2.42. The molecule has 0 aromatic heterocycles. The van der Waals surface area contributed by atoms with E-state index in [1.165, 1.54) is 5.56 Å². The minimum Gasteiger partial charge on any atom is -0.481 e. The molecule has 1 aromatic carbocycles. The number of benzene rings is 1. The topological polar surface area (TPSA) is 40.5 Å². The first-order valence-electron chi connectivity index (χ1n) is 7.44. The summed E-state index contributed by atoms with van der Waals surface area (Å²) in [5.41, 5.74) is 1.73. The number of aryl methyl sites for hydroxylation is 1. The van der Waals surface area contributed by atoms with E-state index in [9.17, 15) is 9.90 Å². The van der Waals surface area contributed by atoms with Crippen LogP contribution in [0, 0.1) is 18.3 Å². The summed E-state index contributed by atoms with van der Waals surface area (Å²) in [6.07, 6.45) is 3.76. The predicted molar refractivity (Wildman–Crippen MR) is 82.1 cm³/mol. The van der Waals surface area contributed by atoms with Gasteiger partial charge in [0.2, 0.25) is 0 Å². The Kier molecular flexibility index (Phi) is 4.36. The molecule has 2 rings (SSSR count). The maximum Gasteiger partial charge on any atom is 0.311 e. The number of anilines is 1. The van der Waals surface area contributed by atoms with Gasteiger partial charge >= 0.3 is 5.97 Å². The summed E-state index contributed by atoms with van der Waals surface area (Å²) in [6.45, 7) is 4.82. The van der Waals surface area contributed by atoms with E-state index >= 15 is 0 Å². The zero-order valence-corrected chi connectivity index (χ0v) is 12.7. The van der Waals surface area contributed by atoms with Crippen LogP contribution in [-0.4, -0.2) is 24.7 Å². The fourth-order valence-electron chi connectivity index (χ4n) is 3.41. The van der Waals surface area contributed by atoms with Crippen LogP contribution in [-0.2, 0) is 4.79 Å².